The Hall–Kier alpha value is -1.60. The molecule has 2 N–H and O–H groups in total. The average molecular weight is 341 g/mol. The summed E-state index contributed by atoms with van der Waals surface area (Å²) in [5.74, 6) is 1.29. The van der Waals surface area contributed by atoms with Crippen LogP contribution < -0.4 is 15.4 Å². The summed E-state index contributed by atoms with van der Waals surface area (Å²) < 4.78 is 11.7. The number of rotatable bonds is 6. The van der Waals surface area contributed by atoms with Crippen molar-refractivity contribution in [2.24, 2.45) is 0 Å². The second-order valence-corrected chi connectivity index (χ2v) is 5.05. The van der Waals surface area contributed by atoms with Crippen LogP contribution in [0.4, 0.5) is 11.7 Å². The number of halogens is 1. The number of nitrogens with zero attached hydrogens (tertiary/aromatic N) is 2. The molecule has 0 aliphatic rings. The van der Waals surface area contributed by atoms with Crippen molar-refractivity contribution < 1.29 is 9.15 Å². The van der Waals surface area contributed by atoms with Gasteiger partial charge in [-0.2, -0.15) is 0 Å². The van der Waals surface area contributed by atoms with Crippen LogP contribution in [0.3, 0.4) is 0 Å². The Morgan fingerprint density at radius 2 is 2.20 bits per heavy atom. The molecule has 108 valence electrons. The minimum atomic E-state index is 0.0301. The molecule has 0 aliphatic carbocycles. The van der Waals surface area contributed by atoms with Crippen LogP contribution in [-0.2, 0) is 0 Å². The van der Waals surface area contributed by atoms with E-state index < -0.39 is 0 Å². The lowest BCUT2D eigenvalue weighted by Crippen LogP contribution is -2.17. The fourth-order valence-corrected chi connectivity index (χ4v) is 2.12. The molecule has 0 saturated carbocycles. The standard InChI is InChI=1S/C13H17BrN4O2/c1-4-15-8(2)12-17-18-13(20-12)16-9-5-6-10(14)11(7-9)19-3/h5-8,15H,4H2,1-3H3,(H,16,18). The summed E-state index contributed by atoms with van der Waals surface area (Å²) in [6.45, 7) is 4.85. The highest BCUT2D eigenvalue weighted by Gasteiger charge is 2.13. The van der Waals surface area contributed by atoms with Gasteiger partial charge in [0.15, 0.2) is 0 Å². The van der Waals surface area contributed by atoms with Crippen LogP contribution in [0.15, 0.2) is 27.1 Å². The van der Waals surface area contributed by atoms with Crippen LogP contribution in [-0.4, -0.2) is 23.9 Å². The average Bonchev–Trinajstić information content (AvgIpc) is 2.90. The monoisotopic (exact) mass is 340 g/mol. The summed E-state index contributed by atoms with van der Waals surface area (Å²) in [6, 6.07) is 6.02. The Kier molecular flexibility index (Phi) is 4.97. The van der Waals surface area contributed by atoms with Crippen molar-refractivity contribution >= 4 is 27.6 Å². The van der Waals surface area contributed by atoms with Crippen LogP contribution in [0.5, 0.6) is 5.75 Å². The van der Waals surface area contributed by atoms with Gasteiger partial charge in [-0.05, 0) is 41.5 Å². The normalized spacial score (nSPS) is 12.2. The summed E-state index contributed by atoms with van der Waals surface area (Å²) in [5, 5.41) is 14.3. The molecule has 0 radical (unpaired) electrons. The number of nitrogens with one attached hydrogen (secondary N) is 2. The molecule has 20 heavy (non-hydrogen) atoms. The minimum absolute atomic E-state index is 0.0301. The molecule has 1 aromatic carbocycles. The van der Waals surface area contributed by atoms with E-state index in [2.05, 4.69) is 36.8 Å². The fourth-order valence-electron chi connectivity index (χ4n) is 1.71. The first-order valence-corrected chi connectivity index (χ1v) is 7.10. The van der Waals surface area contributed by atoms with Gasteiger partial charge in [0.25, 0.3) is 0 Å². The largest absolute Gasteiger partial charge is 0.495 e. The van der Waals surface area contributed by atoms with Gasteiger partial charge in [-0.15, -0.1) is 5.10 Å². The van der Waals surface area contributed by atoms with E-state index in [0.717, 1.165) is 22.5 Å². The summed E-state index contributed by atoms with van der Waals surface area (Å²) in [4.78, 5) is 0. The molecule has 1 aromatic heterocycles. The van der Waals surface area contributed by atoms with E-state index in [-0.39, 0.29) is 6.04 Å². The van der Waals surface area contributed by atoms with Gasteiger partial charge < -0.3 is 19.8 Å². The molecular weight excluding hydrogens is 324 g/mol. The summed E-state index contributed by atoms with van der Waals surface area (Å²) in [6.07, 6.45) is 0. The van der Waals surface area contributed by atoms with Gasteiger partial charge in [-0.25, -0.2) is 0 Å². The molecule has 1 unspecified atom stereocenters. The van der Waals surface area contributed by atoms with Crippen LogP contribution in [0, 0.1) is 0 Å². The first kappa shape index (κ1) is 14.8. The Morgan fingerprint density at radius 1 is 1.40 bits per heavy atom. The van der Waals surface area contributed by atoms with E-state index in [1.165, 1.54) is 0 Å². The number of hydrogen-bond donors (Lipinski definition) is 2. The van der Waals surface area contributed by atoms with E-state index in [4.69, 9.17) is 9.15 Å². The highest BCUT2D eigenvalue weighted by molar-refractivity contribution is 9.10. The van der Waals surface area contributed by atoms with Crippen molar-refractivity contribution in [3.63, 3.8) is 0 Å². The van der Waals surface area contributed by atoms with Crippen molar-refractivity contribution in [3.8, 4) is 5.75 Å². The number of aromatic nitrogens is 2. The Bertz CT molecular complexity index is 573. The Morgan fingerprint density at radius 3 is 2.90 bits per heavy atom. The summed E-state index contributed by atoms with van der Waals surface area (Å²) >= 11 is 3.40. The third kappa shape index (κ3) is 3.49. The van der Waals surface area contributed by atoms with Gasteiger partial charge in [0.1, 0.15) is 5.75 Å². The van der Waals surface area contributed by atoms with Crippen LogP contribution in [0.25, 0.3) is 0 Å². The van der Waals surface area contributed by atoms with E-state index >= 15 is 0 Å². The molecule has 2 rings (SSSR count). The van der Waals surface area contributed by atoms with Gasteiger partial charge in [0.2, 0.25) is 5.89 Å². The first-order valence-electron chi connectivity index (χ1n) is 6.31. The third-order valence-electron chi connectivity index (χ3n) is 2.72. The molecule has 7 heteroatoms. The minimum Gasteiger partial charge on any atom is -0.495 e. The Labute approximate surface area is 126 Å². The molecular formula is C13H17BrN4O2. The SMILES string of the molecule is CCNC(C)c1nnc(Nc2ccc(Br)c(OC)c2)o1. The van der Waals surface area contributed by atoms with Crippen molar-refractivity contribution in [2.75, 3.05) is 19.0 Å². The van der Waals surface area contributed by atoms with Crippen molar-refractivity contribution in [1.29, 1.82) is 0 Å². The first-order chi connectivity index (χ1) is 9.63. The lowest BCUT2D eigenvalue weighted by Gasteiger charge is -2.07. The summed E-state index contributed by atoms with van der Waals surface area (Å²) in [5.41, 5.74) is 0.816. The van der Waals surface area contributed by atoms with E-state index in [0.29, 0.717) is 11.9 Å². The van der Waals surface area contributed by atoms with E-state index in [9.17, 15) is 0 Å². The van der Waals surface area contributed by atoms with Crippen molar-refractivity contribution in [3.05, 3.63) is 28.6 Å². The topological polar surface area (TPSA) is 72.2 Å². The molecule has 0 amide bonds. The smallest absolute Gasteiger partial charge is 0.320 e. The molecule has 0 saturated heterocycles. The zero-order chi connectivity index (χ0) is 14.5. The number of ether oxygens (including phenoxy) is 1. The highest BCUT2D eigenvalue weighted by atomic mass is 79.9. The number of methoxy groups -OCH3 is 1. The number of anilines is 2. The lowest BCUT2D eigenvalue weighted by molar-refractivity contribution is 0.412. The lowest BCUT2D eigenvalue weighted by atomic mass is 10.3. The molecule has 0 bridgehead atoms. The van der Waals surface area contributed by atoms with Gasteiger partial charge >= 0.3 is 6.01 Å². The number of benzene rings is 1. The van der Waals surface area contributed by atoms with Crippen LogP contribution in [0.1, 0.15) is 25.8 Å². The molecule has 2 aromatic rings. The van der Waals surface area contributed by atoms with E-state index in [1.807, 2.05) is 32.0 Å². The van der Waals surface area contributed by atoms with Crippen LogP contribution in [0.2, 0.25) is 0 Å². The third-order valence-corrected chi connectivity index (χ3v) is 3.38. The predicted octanol–water partition coefficient (Wildman–Crippen LogP) is 3.25. The quantitative estimate of drug-likeness (QED) is 0.840. The second-order valence-electron chi connectivity index (χ2n) is 4.20. The zero-order valence-electron chi connectivity index (χ0n) is 11.6. The predicted molar refractivity (Wildman–Crippen MR) is 80.4 cm³/mol. The molecule has 1 atom stereocenters. The molecule has 0 fully saturated rings. The van der Waals surface area contributed by atoms with Crippen LogP contribution >= 0.6 is 15.9 Å². The second kappa shape index (κ2) is 6.71. The van der Waals surface area contributed by atoms with E-state index in [1.54, 1.807) is 7.11 Å². The highest BCUT2D eigenvalue weighted by Crippen LogP contribution is 2.29. The molecule has 0 spiro atoms. The van der Waals surface area contributed by atoms with Gasteiger partial charge in [-0.1, -0.05) is 12.0 Å². The van der Waals surface area contributed by atoms with Gasteiger partial charge in [0, 0.05) is 11.8 Å². The maximum absolute atomic E-state index is 5.56. The fraction of sp³-hybridized carbons (Fsp3) is 0.385. The van der Waals surface area contributed by atoms with Gasteiger partial charge in [0.05, 0.1) is 17.6 Å². The number of hydrogen-bond acceptors (Lipinski definition) is 6. The molecule has 0 aliphatic heterocycles. The van der Waals surface area contributed by atoms with Gasteiger partial charge in [-0.3, -0.25) is 0 Å². The Balaban J connectivity index is 2.10. The molecule has 1 heterocycles. The zero-order valence-corrected chi connectivity index (χ0v) is 13.2. The maximum atomic E-state index is 5.56. The maximum Gasteiger partial charge on any atom is 0.320 e. The van der Waals surface area contributed by atoms with Crippen molar-refractivity contribution in [1.82, 2.24) is 15.5 Å². The summed E-state index contributed by atoms with van der Waals surface area (Å²) in [7, 11) is 1.62. The van der Waals surface area contributed by atoms with Crippen molar-refractivity contribution in [2.45, 2.75) is 19.9 Å². The molecule has 6 nitrogen and oxygen atoms in total.